The quantitative estimate of drug-likeness (QED) is 0.250. The summed E-state index contributed by atoms with van der Waals surface area (Å²) >= 11 is 12.6. The molecule has 190 valence electrons. The van der Waals surface area contributed by atoms with Crippen molar-refractivity contribution in [2.75, 3.05) is 6.61 Å². The van der Waals surface area contributed by atoms with Crippen LogP contribution >= 0.6 is 23.2 Å². The molecule has 0 aromatic heterocycles. The molecule has 4 nitrogen and oxygen atoms in total. The van der Waals surface area contributed by atoms with E-state index in [1.165, 1.54) is 0 Å². The van der Waals surface area contributed by atoms with E-state index >= 15 is 0 Å². The third kappa shape index (κ3) is 6.29. The number of benzene rings is 2. The predicted molar refractivity (Wildman–Crippen MR) is 144 cm³/mol. The fourth-order valence-corrected chi connectivity index (χ4v) is 5.89. The van der Waals surface area contributed by atoms with Crippen molar-refractivity contribution >= 4 is 29.1 Å². The molecule has 1 aliphatic heterocycles. The molecule has 6 heteroatoms. The van der Waals surface area contributed by atoms with Crippen molar-refractivity contribution in [1.29, 1.82) is 0 Å². The molecular weight excluding hydrogens is 481 g/mol. The summed E-state index contributed by atoms with van der Waals surface area (Å²) < 4.78 is 0. The highest BCUT2D eigenvalue weighted by atomic mass is 35.5. The molecule has 3 rings (SSSR count). The van der Waals surface area contributed by atoms with Crippen molar-refractivity contribution in [3.05, 3.63) is 82.4 Å². The molecule has 0 spiro atoms. The predicted octanol–water partition coefficient (Wildman–Crippen LogP) is 6.94. The van der Waals surface area contributed by atoms with Crippen molar-refractivity contribution in [2.24, 2.45) is 5.41 Å². The van der Waals surface area contributed by atoms with E-state index < -0.39 is 11.5 Å². The van der Waals surface area contributed by atoms with Crippen LogP contribution in [0.4, 0.5) is 0 Å². The number of carbonyl (C=O) groups excluding carboxylic acids is 1. The summed E-state index contributed by atoms with van der Waals surface area (Å²) in [5, 5.41) is 21.8. The van der Waals surface area contributed by atoms with E-state index in [4.69, 9.17) is 23.2 Å². The minimum absolute atomic E-state index is 0.0312. The lowest BCUT2D eigenvalue weighted by Gasteiger charge is -2.53. The minimum atomic E-state index is -0.698. The van der Waals surface area contributed by atoms with Gasteiger partial charge >= 0.3 is 0 Å². The van der Waals surface area contributed by atoms with Crippen LogP contribution in [0.25, 0.3) is 0 Å². The number of halogens is 2. The Labute approximate surface area is 219 Å². The molecule has 1 saturated heterocycles. The molecule has 1 fully saturated rings. The number of amides is 1. The van der Waals surface area contributed by atoms with Crippen molar-refractivity contribution in [3.63, 3.8) is 0 Å². The number of aliphatic hydroxyl groups is 2. The molecule has 0 bridgehead atoms. The van der Waals surface area contributed by atoms with Crippen LogP contribution in [-0.4, -0.2) is 39.8 Å². The second kappa shape index (κ2) is 12.4. The van der Waals surface area contributed by atoms with Crippen molar-refractivity contribution < 1.29 is 15.0 Å². The molecule has 0 radical (unpaired) electrons. The van der Waals surface area contributed by atoms with Gasteiger partial charge in [0.25, 0.3) is 0 Å². The largest absolute Gasteiger partial charge is 0.396 e. The van der Waals surface area contributed by atoms with Crippen molar-refractivity contribution in [2.45, 2.75) is 76.5 Å². The number of hydrogen-bond donors (Lipinski definition) is 2. The summed E-state index contributed by atoms with van der Waals surface area (Å²) in [6.45, 7) is 8.04. The number of nitrogens with zero attached hydrogens (tertiary/aromatic N) is 1. The van der Waals surface area contributed by atoms with Gasteiger partial charge in [0.1, 0.15) is 0 Å². The first-order valence-electron chi connectivity index (χ1n) is 12.5. The molecule has 0 aliphatic carbocycles. The van der Waals surface area contributed by atoms with Gasteiger partial charge < -0.3 is 15.1 Å². The Bertz CT molecular complexity index is 996. The van der Waals surface area contributed by atoms with Crippen LogP contribution < -0.4 is 0 Å². The number of rotatable bonds is 11. The zero-order valence-electron chi connectivity index (χ0n) is 20.7. The van der Waals surface area contributed by atoms with Crippen molar-refractivity contribution in [3.8, 4) is 0 Å². The van der Waals surface area contributed by atoms with Gasteiger partial charge in [-0.15, -0.1) is 6.58 Å². The molecule has 1 aliphatic rings. The number of allylic oxidation sites excluding steroid dienone is 1. The Morgan fingerprint density at radius 2 is 1.86 bits per heavy atom. The van der Waals surface area contributed by atoms with E-state index in [1.54, 1.807) is 0 Å². The maximum atomic E-state index is 14.2. The molecular formula is C29H37Cl2NO3. The van der Waals surface area contributed by atoms with E-state index in [2.05, 4.69) is 12.6 Å². The molecule has 1 amide bonds. The SMILES string of the molecule is C=CC[C@@]1(C)C[C@H](c2cccc(Cl)c2)C(c2ccc(Cl)cc2)N(C(CC)C(O)CCCCO)C1=O. The number of likely N-dealkylation sites (tertiary alicyclic amines) is 1. The molecule has 35 heavy (non-hydrogen) atoms. The van der Waals surface area contributed by atoms with Gasteiger partial charge in [-0.25, -0.2) is 0 Å². The summed E-state index contributed by atoms with van der Waals surface area (Å²) in [4.78, 5) is 16.2. The smallest absolute Gasteiger partial charge is 0.229 e. The Hall–Kier alpha value is -1.85. The van der Waals surface area contributed by atoms with Gasteiger partial charge in [0.2, 0.25) is 5.91 Å². The summed E-state index contributed by atoms with van der Waals surface area (Å²) in [5.74, 6) is -0.0000893. The first-order chi connectivity index (χ1) is 16.8. The topological polar surface area (TPSA) is 60.8 Å². The van der Waals surface area contributed by atoms with E-state index in [9.17, 15) is 15.0 Å². The van der Waals surface area contributed by atoms with Crippen LogP contribution in [0.1, 0.15) is 75.5 Å². The van der Waals surface area contributed by atoms with Crippen LogP contribution in [0.5, 0.6) is 0 Å². The molecule has 2 aromatic carbocycles. The third-order valence-corrected chi connectivity index (χ3v) is 7.80. The second-order valence-electron chi connectivity index (χ2n) is 9.89. The average Bonchev–Trinajstić information content (AvgIpc) is 2.83. The summed E-state index contributed by atoms with van der Waals surface area (Å²) in [7, 11) is 0. The number of piperidine rings is 1. The zero-order valence-corrected chi connectivity index (χ0v) is 22.2. The molecule has 5 atom stereocenters. The number of unbranched alkanes of at least 4 members (excludes halogenated alkanes) is 1. The van der Waals surface area contributed by atoms with Gasteiger partial charge in [0.15, 0.2) is 0 Å². The fraction of sp³-hybridized carbons (Fsp3) is 0.483. The standard InChI is InChI=1S/C29H37Cl2NO3/c1-4-16-29(3)19-24(21-9-8-10-23(31)18-21)27(20-12-14-22(30)15-13-20)32(28(29)35)25(5-2)26(34)11-6-7-17-33/h4,8-10,12-15,18,24-27,33-34H,1,5-7,11,16-17,19H2,2-3H3/t24-,25?,26?,27?,29+/m1/s1. The Morgan fingerprint density at radius 1 is 1.14 bits per heavy atom. The van der Waals surface area contributed by atoms with Gasteiger partial charge in [-0.1, -0.05) is 67.4 Å². The van der Waals surface area contributed by atoms with E-state index in [0.717, 1.165) is 11.1 Å². The first-order valence-corrected chi connectivity index (χ1v) is 13.2. The maximum Gasteiger partial charge on any atom is 0.229 e. The summed E-state index contributed by atoms with van der Waals surface area (Å²) in [5.41, 5.74) is 1.39. The number of hydrogen-bond acceptors (Lipinski definition) is 3. The lowest BCUT2D eigenvalue weighted by molar-refractivity contribution is -0.158. The first kappa shape index (κ1) is 27.7. The normalized spacial score (nSPS) is 24.3. The number of carbonyl (C=O) groups is 1. The highest BCUT2D eigenvalue weighted by molar-refractivity contribution is 6.30. The summed E-state index contributed by atoms with van der Waals surface area (Å²) in [6.07, 6.45) is 4.76. The van der Waals surface area contributed by atoms with Crippen LogP contribution in [0.2, 0.25) is 10.0 Å². The van der Waals surface area contributed by atoms with Gasteiger partial charge in [0, 0.05) is 22.6 Å². The van der Waals surface area contributed by atoms with Gasteiger partial charge in [-0.3, -0.25) is 4.79 Å². The molecule has 1 heterocycles. The van der Waals surface area contributed by atoms with Gasteiger partial charge in [-0.2, -0.15) is 0 Å². The third-order valence-electron chi connectivity index (χ3n) is 7.31. The molecule has 2 aromatic rings. The van der Waals surface area contributed by atoms with E-state index in [0.29, 0.717) is 48.6 Å². The van der Waals surface area contributed by atoms with Crippen molar-refractivity contribution in [1.82, 2.24) is 4.90 Å². The summed E-state index contributed by atoms with van der Waals surface area (Å²) in [6, 6.07) is 14.9. The average molecular weight is 519 g/mol. The van der Waals surface area contributed by atoms with Crippen LogP contribution in [0.15, 0.2) is 61.2 Å². The fourth-order valence-electron chi connectivity index (χ4n) is 5.56. The van der Waals surface area contributed by atoms with Crippen LogP contribution in [-0.2, 0) is 4.79 Å². The zero-order chi connectivity index (χ0) is 25.6. The monoisotopic (exact) mass is 517 g/mol. The van der Waals surface area contributed by atoms with Crippen LogP contribution in [0, 0.1) is 5.41 Å². The lowest BCUT2D eigenvalue weighted by atomic mass is 9.66. The van der Waals surface area contributed by atoms with Gasteiger partial charge in [-0.05, 0) is 73.9 Å². The molecule has 0 saturated carbocycles. The lowest BCUT2D eigenvalue weighted by Crippen LogP contribution is -2.58. The maximum absolute atomic E-state index is 14.2. The highest BCUT2D eigenvalue weighted by Gasteiger charge is 2.51. The Balaban J connectivity index is 2.17. The Kier molecular flexibility index (Phi) is 9.83. The second-order valence-corrected chi connectivity index (χ2v) is 10.8. The van der Waals surface area contributed by atoms with Crippen LogP contribution in [0.3, 0.4) is 0 Å². The van der Waals surface area contributed by atoms with E-state index in [-0.39, 0.29) is 30.5 Å². The highest BCUT2D eigenvalue weighted by Crippen LogP contribution is 2.52. The van der Waals surface area contributed by atoms with E-state index in [1.807, 2.05) is 67.3 Å². The number of aliphatic hydroxyl groups excluding tert-OH is 2. The molecule has 2 N–H and O–H groups in total. The minimum Gasteiger partial charge on any atom is -0.396 e. The molecule has 3 unspecified atom stereocenters. The Morgan fingerprint density at radius 3 is 2.46 bits per heavy atom. The van der Waals surface area contributed by atoms with Gasteiger partial charge in [0.05, 0.1) is 23.6 Å².